The molecule has 162 valence electrons. The van der Waals surface area contributed by atoms with Crippen LogP contribution >= 0.6 is 0 Å². The van der Waals surface area contributed by atoms with E-state index >= 15 is 0 Å². The van der Waals surface area contributed by atoms with Crippen molar-refractivity contribution in [2.75, 3.05) is 20.2 Å². The summed E-state index contributed by atoms with van der Waals surface area (Å²) in [5, 5.41) is 5.24. The van der Waals surface area contributed by atoms with Crippen molar-refractivity contribution in [3.8, 4) is 0 Å². The Morgan fingerprint density at radius 1 is 1.10 bits per heavy atom. The van der Waals surface area contributed by atoms with Crippen LogP contribution in [0.5, 0.6) is 0 Å². The topological polar surface area (TPSA) is 131 Å². The number of methoxy groups -OCH3 is 1. The maximum atomic E-state index is 12.8. The molecule has 1 saturated carbocycles. The molecule has 29 heavy (non-hydrogen) atoms. The highest BCUT2D eigenvalue weighted by atomic mass is 16.6. The third kappa shape index (κ3) is 5.91. The highest BCUT2D eigenvalue weighted by molar-refractivity contribution is 6.27. The van der Waals surface area contributed by atoms with E-state index in [9.17, 15) is 24.0 Å². The number of ether oxygens (including phenoxy) is 2. The molecule has 0 aromatic rings. The van der Waals surface area contributed by atoms with E-state index in [1.54, 1.807) is 4.90 Å². The molecule has 10 nitrogen and oxygen atoms in total. The summed E-state index contributed by atoms with van der Waals surface area (Å²) >= 11 is 0. The van der Waals surface area contributed by atoms with Crippen LogP contribution in [0.15, 0.2) is 0 Å². The van der Waals surface area contributed by atoms with E-state index in [1.165, 1.54) is 14.0 Å². The van der Waals surface area contributed by atoms with Crippen molar-refractivity contribution < 1.29 is 33.4 Å². The number of carbonyl (C=O) groups is 5. The predicted molar refractivity (Wildman–Crippen MR) is 101 cm³/mol. The van der Waals surface area contributed by atoms with Crippen molar-refractivity contribution in [1.82, 2.24) is 15.5 Å². The van der Waals surface area contributed by atoms with E-state index in [0.29, 0.717) is 38.8 Å². The fourth-order valence-corrected chi connectivity index (χ4v) is 3.73. The molecule has 1 atom stereocenters. The minimum Gasteiger partial charge on any atom is -0.453 e. The third-order valence-corrected chi connectivity index (χ3v) is 5.52. The van der Waals surface area contributed by atoms with Crippen molar-refractivity contribution in [3.63, 3.8) is 0 Å². The molecule has 1 aliphatic carbocycles. The lowest BCUT2D eigenvalue weighted by molar-refractivity contribution is -0.135. The summed E-state index contributed by atoms with van der Waals surface area (Å²) in [6, 6.07) is -0.959. The smallest absolute Gasteiger partial charge is 0.409 e. The summed E-state index contributed by atoms with van der Waals surface area (Å²) in [6.07, 6.45) is 2.95. The zero-order valence-electron chi connectivity index (χ0n) is 16.9. The molecule has 2 N–H and O–H groups in total. The summed E-state index contributed by atoms with van der Waals surface area (Å²) in [5.74, 6) is -1.22. The molecular formula is C19H29N3O7. The van der Waals surface area contributed by atoms with Crippen LogP contribution in [-0.4, -0.2) is 72.9 Å². The molecule has 1 aliphatic heterocycles. The summed E-state index contributed by atoms with van der Waals surface area (Å²) in [5.41, 5.74) is -1.17. The zero-order valence-corrected chi connectivity index (χ0v) is 16.9. The van der Waals surface area contributed by atoms with Gasteiger partial charge in [0.1, 0.15) is 11.6 Å². The van der Waals surface area contributed by atoms with Crippen LogP contribution in [0.2, 0.25) is 0 Å². The van der Waals surface area contributed by atoms with E-state index in [4.69, 9.17) is 4.74 Å². The summed E-state index contributed by atoms with van der Waals surface area (Å²) in [4.78, 5) is 60.5. The van der Waals surface area contributed by atoms with E-state index in [2.05, 4.69) is 15.4 Å². The minimum absolute atomic E-state index is 0.168. The number of alkyl carbamates (subject to hydrolysis) is 1. The van der Waals surface area contributed by atoms with Crippen molar-refractivity contribution >= 4 is 30.2 Å². The molecule has 0 bridgehead atoms. The van der Waals surface area contributed by atoms with Gasteiger partial charge in [-0.1, -0.05) is 19.3 Å². The third-order valence-electron chi connectivity index (χ3n) is 5.52. The first-order valence-corrected chi connectivity index (χ1v) is 9.93. The van der Waals surface area contributed by atoms with Gasteiger partial charge in [-0.15, -0.1) is 0 Å². The second-order valence-corrected chi connectivity index (χ2v) is 7.54. The van der Waals surface area contributed by atoms with Crippen LogP contribution in [0.4, 0.5) is 9.59 Å². The molecule has 0 aromatic carbocycles. The highest BCUT2D eigenvalue weighted by Crippen LogP contribution is 2.29. The number of ketones is 1. The summed E-state index contributed by atoms with van der Waals surface area (Å²) < 4.78 is 10.2. The average Bonchev–Trinajstić information content (AvgIpc) is 2.73. The van der Waals surface area contributed by atoms with Crippen molar-refractivity contribution in [1.29, 1.82) is 0 Å². The molecule has 1 saturated heterocycles. The fourth-order valence-electron chi connectivity index (χ4n) is 3.73. The molecule has 0 radical (unpaired) electrons. The highest BCUT2D eigenvalue weighted by Gasteiger charge is 2.42. The molecule has 3 amide bonds. The molecule has 0 unspecified atom stereocenters. The minimum atomic E-state index is -1.17. The Bertz CT molecular complexity index is 638. The van der Waals surface area contributed by atoms with Gasteiger partial charge >= 0.3 is 12.2 Å². The molecule has 10 heteroatoms. The van der Waals surface area contributed by atoms with Crippen LogP contribution in [0.25, 0.3) is 0 Å². The number of nitrogens with one attached hydrogen (secondary N) is 2. The maximum Gasteiger partial charge on any atom is 0.409 e. The number of likely N-dealkylation sites (tertiary alicyclic amines) is 1. The van der Waals surface area contributed by atoms with Crippen molar-refractivity contribution in [2.45, 2.75) is 69.6 Å². The van der Waals surface area contributed by atoms with Gasteiger partial charge in [-0.05, 0) is 19.8 Å². The van der Waals surface area contributed by atoms with Crippen molar-refractivity contribution in [2.24, 2.45) is 0 Å². The van der Waals surface area contributed by atoms with Crippen LogP contribution in [0, 0.1) is 0 Å². The van der Waals surface area contributed by atoms with E-state index in [0.717, 1.165) is 19.3 Å². The summed E-state index contributed by atoms with van der Waals surface area (Å²) in [6.45, 7) is 2.27. The molecule has 0 spiro atoms. The van der Waals surface area contributed by atoms with Gasteiger partial charge in [-0.25, -0.2) is 9.59 Å². The van der Waals surface area contributed by atoms with Gasteiger partial charge in [0.25, 0.3) is 0 Å². The standard InChI is InChI=1S/C19H29N3O7/c1-13(15(24)12-23)20-16(25)19(8-4-3-5-9-19)21-17(26)29-14-6-10-22(11-7-14)18(27)28-2/h12-14H,3-11H2,1-2H3,(H,20,25)(H,21,26)/t13-/m0/s1. The average molecular weight is 411 g/mol. The fraction of sp³-hybridized carbons (Fsp3) is 0.737. The molecule has 2 fully saturated rings. The quantitative estimate of drug-likeness (QED) is 0.491. The number of amides is 3. The molecule has 0 aromatic heterocycles. The normalized spacial score (nSPS) is 20.1. The number of aldehydes is 1. The zero-order chi connectivity index (χ0) is 21.4. The van der Waals surface area contributed by atoms with E-state index in [1.807, 2.05) is 0 Å². The van der Waals surface area contributed by atoms with Gasteiger partial charge < -0.3 is 25.0 Å². The molecule has 2 rings (SSSR count). The maximum absolute atomic E-state index is 12.8. The lowest BCUT2D eigenvalue weighted by Gasteiger charge is -2.37. The van der Waals surface area contributed by atoms with Crippen LogP contribution in [0.3, 0.4) is 0 Å². The first-order valence-electron chi connectivity index (χ1n) is 9.93. The number of hydrogen-bond donors (Lipinski definition) is 2. The van der Waals surface area contributed by atoms with Gasteiger partial charge in [0, 0.05) is 25.9 Å². The molecule has 1 heterocycles. The number of carbonyl (C=O) groups excluding carboxylic acids is 5. The Balaban J connectivity index is 1.94. The van der Waals surface area contributed by atoms with Gasteiger partial charge in [-0.2, -0.15) is 0 Å². The Hall–Kier alpha value is -2.65. The second kappa shape index (κ2) is 10.2. The number of nitrogens with zero attached hydrogens (tertiary/aromatic N) is 1. The van der Waals surface area contributed by atoms with Gasteiger partial charge in [0.05, 0.1) is 13.2 Å². The summed E-state index contributed by atoms with van der Waals surface area (Å²) in [7, 11) is 1.32. The number of rotatable bonds is 6. The van der Waals surface area contributed by atoms with Gasteiger partial charge in [0.2, 0.25) is 11.7 Å². The van der Waals surface area contributed by atoms with Crippen molar-refractivity contribution in [3.05, 3.63) is 0 Å². The number of Topliss-reactive ketones (excluding diaryl/α,β-unsaturated/α-hetero) is 1. The Morgan fingerprint density at radius 3 is 2.28 bits per heavy atom. The van der Waals surface area contributed by atoms with Crippen LogP contribution < -0.4 is 10.6 Å². The molecular weight excluding hydrogens is 382 g/mol. The Labute approximate surface area is 169 Å². The SMILES string of the molecule is COC(=O)N1CCC(OC(=O)NC2(C(=O)N[C@@H](C)C(=O)C=O)CCCCC2)CC1. The second-order valence-electron chi connectivity index (χ2n) is 7.54. The Morgan fingerprint density at radius 2 is 1.72 bits per heavy atom. The van der Waals surface area contributed by atoms with Crippen LogP contribution in [0.1, 0.15) is 51.9 Å². The first kappa shape index (κ1) is 22.6. The monoisotopic (exact) mass is 411 g/mol. The van der Waals surface area contributed by atoms with Crippen LogP contribution in [-0.2, 0) is 23.9 Å². The Kier molecular flexibility index (Phi) is 7.98. The van der Waals surface area contributed by atoms with Gasteiger partial charge in [0.15, 0.2) is 6.29 Å². The largest absolute Gasteiger partial charge is 0.453 e. The lowest BCUT2D eigenvalue weighted by Crippen LogP contribution is -2.62. The number of piperidine rings is 1. The van der Waals surface area contributed by atoms with E-state index < -0.39 is 35.5 Å². The predicted octanol–water partition coefficient (Wildman–Crippen LogP) is 0.919. The lowest BCUT2D eigenvalue weighted by atomic mass is 9.80. The number of hydrogen-bond acceptors (Lipinski definition) is 7. The first-order chi connectivity index (χ1) is 13.8. The van der Waals surface area contributed by atoms with Gasteiger partial charge in [-0.3, -0.25) is 14.4 Å². The molecule has 2 aliphatic rings. The van der Waals surface area contributed by atoms with E-state index in [-0.39, 0.29) is 12.4 Å².